The van der Waals surface area contributed by atoms with E-state index in [1.165, 1.54) is 31.4 Å². The Bertz CT molecular complexity index is 590. The second kappa shape index (κ2) is 6.34. The average Bonchev–Trinajstić information content (AvgIpc) is 2.46. The molecule has 0 aromatic heterocycles. The van der Waals surface area contributed by atoms with Crippen LogP contribution in [0.3, 0.4) is 0 Å². The van der Waals surface area contributed by atoms with Gasteiger partial charge in [-0.05, 0) is 29.8 Å². The second-order valence-corrected chi connectivity index (χ2v) is 4.34. The Morgan fingerprint density at radius 3 is 2.65 bits per heavy atom. The molecule has 1 unspecified atom stereocenters. The molecule has 1 atom stereocenters. The van der Waals surface area contributed by atoms with Gasteiger partial charge in [-0.15, -0.1) is 0 Å². The smallest absolute Gasteiger partial charge is 0.165 e. The minimum Gasteiger partial charge on any atom is -0.494 e. The number of nitrogens with one attached hydrogen (secondary N) is 1. The van der Waals surface area contributed by atoms with E-state index in [0.717, 1.165) is 5.56 Å². The normalized spacial score (nSPS) is 12.0. The highest BCUT2D eigenvalue weighted by Crippen LogP contribution is 2.25. The van der Waals surface area contributed by atoms with E-state index in [9.17, 15) is 8.78 Å². The molecule has 0 fully saturated rings. The van der Waals surface area contributed by atoms with Gasteiger partial charge in [-0.2, -0.15) is 0 Å². The standard InChI is InChI=1S/C15H16F2N2O/c1-20-15-8-12(5-6-13(15)17)19-14(9-18)10-3-2-4-11(16)7-10/h2-8,14,19H,9,18H2,1H3. The molecule has 106 valence electrons. The largest absolute Gasteiger partial charge is 0.494 e. The summed E-state index contributed by atoms with van der Waals surface area (Å²) in [5.41, 5.74) is 7.10. The van der Waals surface area contributed by atoms with Crippen LogP contribution in [-0.4, -0.2) is 13.7 Å². The van der Waals surface area contributed by atoms with Crippen LogP contribution in [0, 0.1) is 11.6 Å². The molecule has 0 bridgehead atoms. The molecule has 3 N–H and O–H groups in total. The van der Waals surface area contributed by atoms with Gasteiger partial charge in [-0.25, -0.2) is 8.78 Å². The lowest BCUT2D eigenvalue weighted by molar-refractivity contribution is 0.386. The summed E-state index contributed by atoms with van der Waals surface area (Å²) in [7, 11) is 1.40. The van der Waals surface area contributed by atoms with Crippen LogP contribution >= 0.6 is 0 Å². The number of benzene rings is 2. The number of nitrogens with two attached hydrogens (primary N) is 1. The van der Waals surface area contributed by atoms with Gasteiger partial charge in [0.05, 0.1) is 13.2 Å². The number of anilines is 1. The van der Waals surface area contributed by atoms with Crippen LogP contribution in [0.25, 0.3) is 0 Å². The first-order valence-corrected chi connectivity index (χ1v) is 6.19. The highest BCUT2D eigenvalue weighted by atomic mass is 19.1. The van der Waals surface area contributed by atoms with Crippen molar-refractivity contribution in [1.29, 1.82) is 0 Å². The molecule has 0 radical (unpaired) electrons. The van der Waals surface area contributed by atoms with E-state index in [0.29, 0.717) is 5.69 Å². The van der Waals surface area contributed by atoms with Crippen LogP contribution in [0.5, 0.6) is 5.75 Å². The minimum absolute atomic E-state index is 0.144. The zero-order chi connectivity index (χ0) is 14.5. The maximum absolute atomic E-state index is 13.3. The van der Waals surface area contributed by atoms with Crippen molar-refractivity contribution in [3.63, 3.8) is 0 Å². The lowest BCUT2D eigenvalue weighted by Gasteiger charge is -2.19. The zero-order valence-electron chi connectivity index (χ0n) is 11.1. The third-order valence-corrected chi connectivity index (χ3v) is 2.98. The second-order valence-electron chi connectivity index (χ2n) is 4.34. The number of hydrogen-bond donors (Lipinski definition) is 2. The van der Waals surface area contributed by atoms with Crippen LogP contribution in [0.1, 0.15) is 11.6 Å². The van der Waals surface area contributed by atoms with E-state index in [1.807, 2.05) is 0 Å². The maximum atomic E-state index is 13.3. The Morgan fingerprint density at radius 1 is 1.20 bits per heavy atom. The Labute approximate surface area is 116 Å². The van der Waals surface area contributed by atoms with E-state index in [-0.39, 0.29) is 24.2 Å². The first-order valence-electron chi connectivity index (χ1n) is 6.19. The molecule has 0 saturated carbocycles. The summed E-state index contributed by atoms with van der Waals surface area (Å²) < 4.78 is 31.5. The summed E-state index contributed by atoms with van der Waals surface area (Å²) >= 11 is 0. The summed E-state index contributed by atoms with van der Waals surface area (Å²) in [4.78, 5) is 0. The number of rotatable bonds is 5. The number of ether oxygens (including phenoxy) is 1. The van der Waals surface area contributed by atoms with E-state index in [1.54, 1.807) is 18.2 Å². The molecule has 2 aromatic rings. The quantitative estimate of drug-likeness (QED) is 0.883. The fraction of sp³-hybridized carbons (Fsp3) is 0.200. The molecule has 0 aliphatic heterocycles. The van der Waals surface area contributed by atoms with Gasteiger partial charge in [-0.3, -0.25) is 0 Å². The van der Waals surface area contributed by atoms with Crippen molar-refractivity contribution >= 4 is 5.69 Å². The minimum atomic E-state index is -0.437. The van der Waals surface area contributed by atoms with E-state index >= 15 is 0 Å². The van der Waals surface area contributed by atoms with Crippen LogP contribution < -0.4 is 15.8 Å². The molecule has 5 heteroatoms. The fourth-order valence-electron chi connectivity index (χ4n) is 1.95. The van der Waals surface area contributed by atoms with E-state index < -0.39 is 5.82 Å². The van der Waals surface area contributed by atoms with Crippen molar-refractivity contribution in [3.8, 4) is 5.75 Å². The van der Waals surface area contributed by atoms with Crippen molar-refractivity contribution in [3.05, 3.63) is 59.7 Å². The average molecular weight is 278 g/mol. The van der Waals surface area contributed by atoms with Gasteiger partial charge in [0.15, 0.2) is 11.6 Å². The summed E-state index contributed by atoms with van der Waals surface area (Å²) in [6.45, 7) is 0.281. The molecular formula is C15H16F2N2O. The Morgan fingerprint density at radius 2 is 2.00 bits per heavy atom. The number of methoxy groups -OCH3 is 1. The molecule has 3 nitrogen and oxygen atoms in total. The third-order valence-electron chi connectivity index (χ3n) is 2.98. The molecule has 0 saturated heterocycles. The fourth-order valence-corrected chi connectivity index (χ4v) is 1.95. The van der Waals surface area contributed by atoms with Crippen LogP contribution in [-0.2, 0) is 0 Å². The summed E-state index contributed by atoms with van der Waals surface area (Å²) in [5, 5.41) is 3.14. The van der Waals surface area contributed by atoms with Crippen molar-refractivity contribution < 1.29 is 13.5 Å². The molecule has 2 aromatic carbocycles. The first kappa shape index (κ1) is 14.3. The van der Waals surface area contributed by atoms with E-state index in [2.05, 4.69) is 5.32 Å². The highest BCUT2D eigenvalue weighted by molar-refractivity contribution is 5.50. The van der Waals surface area contributed by atoms with Crippen molar-refractivity contribution in [2.75, 3.05) is 19.0 Å². The van der Waals surface area contributed by atoms with Crippen molar-refractivity contribution in [1.82, 2.24) is 0 Å². The monoisotopic (exact) mass is 278 g/mol. The number of halogens is 2. The lowest BCUT2D eigenvalue weighted by Crippen LogP contribution is -2.20. The summed E-state index contributed by atoms with van der Waals surface area (Å²) in [6, 6.07) is 10.4. The predicted octanol–water partition coefficient (Wildman–Crippen LogP) is 3.09. The van der Waals surface area contributed by atoms with Crippen molar-refractivity contribution in [2.24, 2.45) is 5.73 Å². The molecule has 20 heavy (non-hydrogen) atoms. The Balaban J connectivity index is 2.22. The molecular weight excluding hydrogens is 262 g/mol. The van der Waals surface area contributed by atoms with Crippen molar-refractivity contribution in [2.45, 2.75) is 6.04 Å². The Kier molecular flexibility index (Phi) is 4.53. The summed E-state index contributed by atoms with van der Waals surface area (Å²) in [5.74, 6) is -0.613. The van der Waals surface area contributed by atoms with Gasteiger partial charge in [-0.1, -0.05) is 12.1 Å². The molecule has 0 heterocycles. The Hall–Kier alpha value is -2.14. The third kappa shape index (κ3) is 3.24. The topological polar surface area (TPSA) is 47.3 Å². The molecule has 0 aliphatic rings. The van der Waals surface area contributed by atoms with Gasteiger partial charge in [0.1, 0.15) is 5.82 Å². The summed E-state index contributed by atoms with van der Waals surface area (Å²) in [6.07, 6.45) is 0. The van der Waals surface area contributed by atoms with Gasteiger partial charge >= 0.3 is 0 Å². The van der Waals surface area contributed by atoms with Crippen LogP contribution in [0.4, 0.5) is 14.5 Å². The molecule has 0 spiro atoms. The number of hydrogen-bond acceptors (Lipinski definition) is 3. The molecule has 0 aliphatic carbocycles. The SMILES string of the molecule is COc1cc(NC(CN)c2cccc(F)c2)ccc1F. The van der Waals surface area contributed by atoms with Gasteiger partial charge in [0.2, 0.25) is 0 Å². The molecule has 2 rings (SSSR count). The van der Waals surface area contributed by atoms with Gasteiger partial charge in [0.25, 0.3) is 0 Å². The maximum Gasteiger partial charge on any atom is 0.165 e. The molecule has 0 amide bonds. The highest BCUT2D eigenvalue weighted by Gasteiger charge is 2.11. The lowest BCUT2D eigenvalue weighted by atomic mass is 10.1. The van der Waals surface area contributed by atoms with Crippen LogP contribution in [0.2, 0.25) is 0 Å². The van der Waals surface area contributed by atoms with Gasteiger partial charge in [0, 0.05) is 18.3 Å². The predicted molar refractivity (Wildman–Crippen MR) is 74.8 cm³/mol. The zero-order valence-corrected chi connectivity index (χ0v) is 11.1. The van der Waals surface area contributed by atoms with Gasteiger partial charge < -0.3 is 15.8 Å². The van der Waals surface area contributed by atoms with Crippen LogP contribution in [0.15, 0.2) is 42.5 Å². The van der Waals surface area contributed by atoms with E-state index in [4.69, 9.17) is 10.5 Å². The first-order chi connectivity index (χ1) is 9.63.